The minimum absolute atomic E-state index is 0.226. The van der Waals surface area contributed by atoms with Crippen molar-refractivity contribution in [1.29, 1.82) is 0 Å². The quantitative estimate of drug-likeness (QED) is 0.593. The van der Waals surface area contributed by atoms with Gasteiger partial charge in [-0.2, -0.15) is 0 Å². The van der Waals surface area contributed by atoms with Crippen molar-refractivity contribution in [1.82, 2.24) is 9.80 Å². The molecule has 4 heteroatoms. The Morgan fingerprint density at radius 1 is 1.54 bits per heavy atom. The molecule has 0 aromatic rings. The molecular weight excluding hydrogens is 168 g/mol. The summed E-state index contributed by atoms with van der Waals surface area (Å²) in [6.45, 7) is 6.20. The lowest BCUT2D eigenvalue weighted by molar-refractivity contribution is -0.126. The molecule has 2 saturated heterocycles. The van der Waals surface area contributed by atoms with E-state index < -0.39 is 0 Å². The Bertz CT molecular complexity index is 226. The number of carbonyl (C=O) groups is 1. The van der Waals surface area contributed by atoms with Crippen LogP contribution in [0.3, 0.4) is 0 Å². The third-order valence-electron chi connectivity index (χ3n) is 2.70. The molecule has 0 atom stereocenters. The van der Waals surface area contributed by atoms with Crippen molar-refractivity contribution in [2.24, 2.45) is 5.41 Å². The molecular formula is C9H16N2O2. The summed E-state index contributed by atoms with van der Waals surface area (Å²) in [4.78, 5) is 15.2. The zero-order valence-electron chi connectivity index (χ0n) is 8.25. The highest BCUT2D eigenvalue weighted by Crippen LogP contribution is 2.28. The van der Waals surface area contributed by atoms with Crippen molar-refractivity contribution in [3.63, 3.8) is 0 Å². The van der Waals surface area contributed by atoms with Crippen LogP contribution in [0, 0.1) is 5.41 Å². The van der Waals surface area contributed by atoms with Gasteiger partial charge in [-0.25, -0.2) is 0 Å². The van der Waals surface area contributed by atoms with Gasteiger partial charge in [-0.1, -0.05) is 6.92 Å². The fraction of sp³-hybridized carbons (Fsp3) is 0.889. The molecule has 4 nitrogen and oxygen atoms in total. The molecule has 0 aliphatic carbocycles. The lowest BCUT2D eigenvalue weighted by Crippen LogP contribution is -2.48. The Morgan fingerprint density at radius 2 is 2.23 bits per heavy atom. The van der Waals surface area contributed by atoms with Gasteiger partial charge < -0.3 is 9.64 Å². The molecule has 0 bridgehead atoms. The van der Waals surface area contributed by atoms with Gasteiger partial charge in [0.2, 0.25) is 5.91 Å². The smallest absolute Gasteiger partial charge is 0.237 e. The van der Waals surface area contributed by atoms with Gasteiger partial charge in [-0.15, -0.1) is 0 Å². The highest BCUT2D eigenvalue weighted by atomic mass is 16.5. The van der Waals surface area contributed by atoms with E-state index in [1.54, 1.807) is 4.90 Å². The highest BCUT2D eigenvalue weighted by Gasteiger charge is 2.37. The first-order chi connectivity index (χ1) is 6.09. The van der Waals surface area contributed by atoms with Crippen molar-refractivity contribution in [2.75, 3.05) is 40.0 Å². The number of nitrogens with zero attached hydrogens (tertiary/aromatic N) is 2. The Labute approximate surface area is 78.4 Å². The van der Waals surface area contributed by atoms with Crippen LogP contribution in [0.15, 0.2) is 0 Å². The average molecular weight is 184 g/mol. The summed E-state index contributed by atoms with van der Waals surface area (Å²) in [5, 5.41) is 0. The molecule has 2 heterocycles. The molecule has 74 valence electrons. The molecule has 2 aliphatic rings. The zero-order valence-corrected chi connectivity index (χ0v) is 8.25. The standard InChI is InChI=1S/C9H16N2O2/c1-9(5-13-6-9)4-11-3-8(12)10(2)7-11/h3-7H2,1-2H3. The second kappa shape index (κ2) is 2.96. The second-order valence-electron chi connectivity index (χ2n) is 4.52. The lowest BCUT2D eigenvalue weighted by Gasteiger charge is -2.40. The maximum absolute atomic E-state index is 11.2. The van der Waals surface area contributed by atoms with Crippen LogP contribution in [0.1, 0.15) is 6.92 Å². The topological polar surface area (TPSA) is 32.8 Å². The Balaban J connectivity index is 1.86. The number of amides is 1. The maximum atomic E-state index is 11.2. The number of ether oxygens (including phenoxy) is 1. The zero-order chi connectivity index (χ0) is 9.47. The van der Waals surface area contributed by atoms with Crippen molar-refractivity contribution >= 4 is 5.91 Å². The van der Waals surface area contributed by atoms with Gasteiger partial charge in [0.1, 0.15) is 0 Å². The van der Waals surface area contributed by atoms with Crippen molar-refractivity contribution in [3.05, 3.63) is 0 Å². The van der Waals surface area contributed by atoms with E-state index in [0.29, 0.717) is 6.54 Å². The van der Waals surface area contributed by atoms with Gasteiger partial charge in [-0.3, -0.25) is 9.69 Å². The molecule has 0 unspecified atom stereocenters. The second-order valence-corrected chi connectivity index (χ2v) is 4.52. The van der Waals surface area contributed by atoms with Crippen LogP contribution in [0.5, 0.6) is 0 Å². The molecule has 0 aromatic heterocycles. The minimum atomic E-state index is 0.226. The van der Waals surface area contributed by atoms with Gasteiger partial charge in [0.15, 0.2) is 0 Å². The lowest BCUT2D eigenvalue weighted by atomic mass is 9.88. The Hall–Kier alpha value is -0.610. The molecule has 0 spiro atoms. The number of hydrogen-bond donors (Lipinski definition) is 0. The van der Waals surface area contributed by atoms with E-state index in [2.05, 4.69) is 11.8 Å². The summed E-state index contributed by atoms with van der Waals surface area (Å²) in [7, 11) is 1.85. The van der Waals surface area contributed by atoms with E-state index in [1.807, 2.05) is 7.05 Å². The number of hydrogen-bond acceptors (Lipinski definition) is 3. The number of rotatable bonds is 2. The normalized spacial score (nSPS) is 27.8. The van der Waals surface area contributed by atoms with Gasteiger partial charge in [0.25, 0.3) is 0 Å². The summed E-state index contributed by atoms with van der Waals surface area (Å²) in [5.74, 6) is 0.226. The third-order valence-corrected chi connectivity index (χ3v) is 2.70. The molecule has 0 saturated carbocycles. The Kier molecular flexibility index (Phi) is 2.04. The predicted octanol–water partition coefficient (Wildman–Crippen LogP) is -0.246. The summed E-state index contributed by atoms with van der Waals surface area (Å²) in [6.07, 6.45) is 0. The van der Waals surface area contributed by atoms with Crippen LogP contribution in [-0.2, 0) is 9.53 Å². The van der Waals surface area contributed by atoms with Crippen molar-refractivity contribution in [3.8, 4) is 0 Å². The monoisotopic (exact) mass is 184 g/mol. The average Bonchev–Trinajstić information content (AvgIpc) is 2.28. The third kappa shape index (κ3) is 1.69. The van der Waals surface area contributed by atoms with E-state index in [1.165, 1.54) is 0 Å². The fourth-order valence-corrected chi connectivity index (χ4v) is 1.93. The predicted molar refractivity (Wildman–Crippen MR) is 48.1 cm³/mol. The van der Waals surface area contributed by atoms with Crippen molar-refractivity contribution < 1.29 is 9.53 Å². The molecule has 13 heavy (non-hydrogen) atoms. The Morgan fingerprint density at radius 3 is 2.62 bits per heavy atom. The van der Waals surface area contributed by atoms with E-state index in [-0.39, 0.29) is 11.3 Å². The van der Waals surface area contributed by atoms with E-state index in [0.717, 1.165) is 26.4 Å². The molecule has 2 aliphatic heterocycles. The molecule has 0 aromatic carbocycles. The minimum Gasteiger partial charge on any atom is -0.380 e. The van der Waals surface area contributed by atoms with Gasteiger partial charge in [-0.05, 0) is 0 Å². The van der Waals surface area contributed by atoms with Gasteiger partial charge in [0.05, 0.1) is 26.4 Å². The molecule has 0 N–H and O–H groups in total. The number of likely N-dealkylation sites (N-methyl/N-ethyl adjacent to an activating group) is 1. The van der Waals surface area contributed by atoms with Crippen molar-refractivity contribution in [2.45, 2.75) is 6.92 Å². The molecule has 1 amide bonds. The van der Waals surface area contributed by atoms with E-state index >= 15 is 0 Å². The van der Waals surface area contributed by atoms with Gasteiger partial charge >= 0.3 is 0 Å². The number of carbonyl (C=O) groups excluding carboxylic acids is 1. The van der Waals surface area contributed by atoms with Crippen LogP contribution in [0.4, 0.5) is 0 Å². The fourth-order valence-electron chi connectivity index (χ4n) is 1.93. The first kappa shape index (κ1) is 8.97. The highest BCUT2D eigenvalue weighted by molar-refractivity contribution is 5.79. The van der Waals surface area contributed by atoms with E-state index in [4.69, 9.17) is 4.74 Å². The van der Waals surface area contributed by atoms with Crippen LogP contribution in [-0.4, -0.2) is 55.7 Å². The maximum Gasteiger partial charge on any atom is 0.237 e. The SMILES string of the molecule is CN1CN(CC2(C)COC2)CC1=O. The summed E-state index contributed by atoms with van der Waals surface area (Å²) in [5.41, 5.74) is 0.283. The summed E-state index contributed by atoms with van der Waals surface area (Å²) >= 11 is 0. The first-order valence-corrected chi connectivity index (χ1v) is 4.63. The van der Waals surface area contributed by atoms with E-state index in [9.17, 15) is 4.79 Å². The summed E-state index contributed by atoms with van der Waals surface area (Å²) in [6, 6.07) is 0. The van der Waals surface area contributed by atoms with Crippen LogP contribution in [0.25, 0.3) is 0 Å². The summed E-state index contributed by atoms with van der Waals surface area (Å²) < 4.78 is 5.18. The van der Waals surface area contributed by atoms with Crippen LogP contribution in [0.2, 0.25) is 0 Å². The molecule has 2 fully saturated rings. The first-order valence-electron chi connectivity index (χ1n) is 4.63. The molecule has 2 rings (SSSR count). The largest absolute Gasteiger partial charge is 0.380 e. The van der Waals surface area contributed by atoms with Crippen LogP contribution < -0.4 is 0 Å². The molecule has 0 radical (unpaired) electrons. The van der Waals surface area contributed by atoms with Crippen LogP contribution >= 0.6 is 0 Å². The van der Waals surface area contributed by atoms with Gasteiger partial charge in [0, 0.05) is 19.0 Å².